The van der Waals surface area contributed by atoms with Gasteiger partial charge in [0.25, 0.3) is 0 Å². The van der Waals surface area contributed by atoms with Crippen LogP contribution in [0.5, 0.6) is 0 Å². The van der Waals surface area contributed by atoms with Crippen molar-refractivity contribution in [2.75, 3.05) is 9.80 Å². The summed E-state index contributed by atoms with van der Waals surface area (Å²) < 4.78 is 0. The summed E-state index contributed by atoms with van der Waals surface area (Å²) in [7, 11) is 0. The van der Waals surface area contributed by atoms with E-state index in [0.29, 0.717) is 0 Å². The molecule has 0 aliphatic heterocycles. The fourth-order valence-corrected chi connectivity index (χ4v) is 10.2. The maximum Gasteiger partial charge on any atom is 0.0546 e. The van der Waals surface area contributed by atoms with Crippen LogP contribution in [0.4, 0.5) is 34.1 Å². The van der Waals surface area contributed by atoms with Gasteiger partial charge in [-0.05, 0) is 154 Å². The molecule has 0 fully saturated rings. The molecule has 0 spiro atoms. The average molecular weight is 869 g/mol. The molecule has 0 amide bonds. The maximum absolute atomic E-state index is 3.78. The Kier molecular flexibility index (Phi) is 10.0. The van der Waals surface area contributed by atoms with E-state index in [9.17, 15) is 0 Å². The molecule has 0 aliphatic carbocycles. The van der Waals surface area contributed by atoms with Crippen LogP contribution in [-0.4, -0.2) is 0 Å². The molecule has 322 valence electrons. The van der Waals surface area contributed by atoms with E-state index in [1.165, 1.54) is 76.1 Å². The standard InChI is InChI=1S/C66H48N2/c1-43-21-31-49(32-22-43)67(50-33-23-44(2)24-34-50)65-41-63-55-15-7-5-13-53(55)47(39-61(63)57-17-9-11-19-59(57)65)29-30-48-40-62-58-18-10-12-20-60(58)66(42-64(62)56-16-8-6-14-54(48)56)68(51-35-25-45(3)26-36-51)52-37-27-46(4)28-38-52/h5-28,31-42H,1-4H3. The highest BCUT2D eigenvalue weighted by Gasteiger charge is 2.21. The van der Waals surface area contributed by atoms with Crippen LogP contribution in [0.1, 0.15) is 33.4 Å². The molecule has 0 aromatic heterocycles. The van der Waals surface area contributed by atoms with Crippen molar-refractivity contribution in [3.63, 3.8) is 0 Å². The van der Waals surface area contributed by atoms with Crippen LogP contribution in [0.2, 0.25) is 0 Å². The quantitative estimate of drug-likeness (QED) is 0.121. The highest BCUT2D eigenvalue weighted by atomic mass is 15.1. The van der Waals surface area contributed by atoms with Crippen LogP contribution in [0.15, 0.2) is 218 Å². The molecule has 68 heavy (non-hydrogen) atoms. The third kappa shape index (κ3) is 7.09. The van der Waals surface area contributed by atoms with Crippen molar-refractivity contribution in [1.29, 1.82) is 0 Å². The molecule has 0 saturated carbocycles. The molecular weight excluding hydrogens is 821 g/mol. The van der Waals surface area contributed by atoms with Crippen LogP contribution >= 0.6 is 0 Å². The SMILES string of the molecule is Cc1ccc(N(c2ccc(C)cc2)c2cc3c4ccccc4c(C#Cc4cc5c6ccccc6c(N(c6ccc(C)cc6)c6ccc(C)cc6)cc5c5ccccc45)cc3c3ccccc23)cc1. The van der Waals surface area contributed by atoms with Crippen LogP contribution in [0.25, 0.3) is 64.6 Å². The largest absolute Gasteiger partial charge is 0.310 e. The minimum Gasteiger partial charge on any atom is -0.310 e. The molecule has 2 heteroatoms. The lowest BCUT2D eigenvalue weighted by Gasteiger charge is -2.28. The van der Waals surface area contributed by atoms with E-state index in [4.69, 9.17) is 0 Å². The zero-order valence-electron chi connectivity index (χ0n) is 38.7. The van der Waals surface area contributed by atoms with Crippen LogP contribution in [0.3, 0.4) is 0 Å². The first-order valence-electron chi connectivity index (χ1n) is 23.5. The van der Waals surface area contributed by atoms with Gasteiger partial charge in [0, 0.05) is 44.6 Å². The number of anilines is 6. The lowest BCUT2D eigenvalue weighted by Crippen LogP contribution is -2.10. The molecule has 12 rings (SSSR count). The highest BCUT2D eigenvalue weighted by molar-refractivity contribution is 6.24. The number of fused-ring (bicyclic) bond motifs is 10. The Hall–Kier alpha value is -8.64. The van der Waals surface area contributed by atoms with Gasteiger partial charge in [-0.3, -0.25) is 0 Å². The highest BCUT2D eigenvalue weighted by Crippen LogP contribution is 2.46. The van der Waals surface area contributed by atoms with Crippen molar-refractivity contribution < 1.29 is 0 Å². The summed E-state index contributed by atoms with van der Waals surface area (Å²) in [4.78, 5) is 4.81. The molecule has 0 unspecified atom stereocenters. The molecule has 0 aliphatic rings. The average Bonchev–Trinajstić information content (AvgIpc) is 3.38. The fraction of sp³-hybridized carbons (Fsp3) is 0.0606. The van der Waals surface area contributed by atoms with Crippen LogP contribution in [-0.2, 0) is 0 Å². The van der Waals surface area contributed by atoms with Crippen molar-refractivity contribution >= 4 is 98.8 Å². The Morgan fingerprint density at radius 2 is 0.471 bits per heavy atom. The summed E-state index contributed by atoms with van der Waals surface area (Å²) >= 11 is 0. The molecule has 0 heterocycles. The molecule has 12 aromatic rings. The number of hydrogen-bond acceptors (Lipinski definition) is 2. The van der Waals surface area contributed by atoms with Gasteiger partial charge < -0.3 is 9.80 Å². The molecule has 0 N–H and O–H groups in total. The zero-order chi connectivity index (χ0) is 45.9. The van der Waals surface area contributed by atoms with Gasteiger partial charge in [-0.1, -0.05) is 180 Å². The second kappa shape index (κ2) is 16.7. The number of nitrogens with zero attached hydrogens (tertiary/aromatic N) is 2. The van der Waals surface area contributed by atoms with E-state index in [1.807, 2.05) is 0 Å². The molecule has 0 bridgehead atoms. The second-order valence-corrected chi connectivity index (χ2v) is 18.3. The summed E-state index contributed by atoms with van der Waals surface area (Å²) in [6.07, 6.45) is 0. The Labute approximate surface area is 398 Å². The first kappa shape index (κ1) is 40.8. The first-order chi connectivity index (χ1) is 33.4. The first-order valence-corrected chi connectivity index (χ1v) is 23.5. The van der Waals surface area contributed by atoms with Crippen molar-refractivity contribution in [3.05, 3.63) is 252 Å². The lowest BCUT2D eigenvalue weighted by atomic mass is 9.91. The summed E-state index contributed by atoms with van der Waals surface area (Å²) in [5, 5.41) is 14.2. The second-order valence-electron chi connectivity index (χ2n) is 18.3. The summed E-state index contributed by atoms with van der Waals surface area (Å²) in [5.41, 5.74) is 13.7. The molecule has 2 nitrogen and oxygen atoms in total. The Morgan fingerprint density at radius 1 is 0.235 bits per heavy atom. The van der Waals surface area contributed by atoms with E-state index in [2.05, 4.69) is 268 Å². The van der Waals surface area contributed by atoms with E-state index in [0.717, 1.165) is 56.0 Å². The topological polar surface area (TPSA) is 6.48 Å². The van der Waals surface area contributed by atoms with Crippen molar-refractivity contribution in [3.8, 4) is 11.8 Å². The predicted octanol–water partition coefficient (Wildman–Crippen LogP) is 18.2. The van der Waals surface area contributed by atoms with Gasteiger partial charge in [-0.2, -0.15) is 0 Å². The minimum atomic E-state index is 1.01. The monoisotopic (exact) mass is 868 g/mol. The minimum absolute atomic E-state index is 1.01. The van der Waals surface area contributed by atoms with Crippen molar-refractivity contribution in [2.24, 2.45) is 0 Å². The Balaban J connectivity index is 1.06. The smallest absolute Gasteiger partial charge is 0.0546 e. The molecule has 0 saturated heterocycles. The third-order valence-corrected chi connectivity index (χ3v) is 13.7. The van der Waals surface area contributed by atoms with Crippen molar-refractivity contribution in [2.45, 2.75) is 27.7 Å². The van der Waals surface area contributed by atoms with Gasteiger partial charge in [0.05, 0.1) is 11.4 Å². The van der Waals surface area contributed by atoms with Gasteiger partial charge in [-0.25, -0.2) is 0 Å². The molecular formula is C66H48N2. The van der Waals surface area contributed by atoms with E-state index in [1.54, 1.807) is 0 Å². The zero-order valence-corrected chi connectivity index (χ0v) is 38.7. The summed E-state index contributed by atoms with van der Waals surface area (Å²) in [5.74, 6) is 7.56. The molecule has 12 aromatic carbocycles. The molecule has 0 radical (unpaired) electrons. The Morgan fingerprint density at radius 3 is 0.765 bits per heavy atom. The number of rotatable bonds is 6. The van der Waals surface area contributed by atoms with Gasteiger partial charge in [0.1, 0.15) is 0 Å². The number of aryl methyl sites for hydroxylation is 4. The van der Waals surface area contributed by atoms with E-state index in [-0.39, 0.29) is 0 Å². The van der Waals surface area contributed by atoms with E-state index < -0.39 is 0 Å². The summed E-state index contributed by atoms with van der Waals surface area (Å²) in [6, 6.07) is 80.1. The molecule has 0 atom stereocenters. The number of benzene rings is 12. The van der Waals surface area contributed by atoms with Crippen LogP contribution in [0, 0.1) is 39.5 Å². The van der Waals surface area contributed by atoms with Gasteiger partial charge >= 0.3 is 0 Å². The van der Waals surface area contributed by atoms with Crippen LogP contribution < -0.4 is 9.80 Å². The lowest BCUT2D eigenvalue weighted by molar-refractivity contribution is 1.28. The third-order valence-electron chi connectivity index (χ3n) is 13.7. The Bertz CT molecular complexity index is 3630. The predicted molar refractivity (Wildman–Crippen MR) is 292 cm³/mol. The maximum atomic E-state index is 3.78. The van der Waals surface area contributed by atoms with Gasteiger partial charge in [-0.15, -0.1) is 0 Å². The van der Waals surface area contributed by atoms with Gasteiger partial charge in [0.15, 0.2) is 0 Å². The fourth-order valence-electron chi connectivity index (χ4n) is 10.2. The normalized spacial score (nSPS) is 11.4. The van der Waals surface area contributed by atoms with Gasteiger partial charge in [0.2, 0.25) is 0 Å². The van der Waals surface area contributed by atoms with E-state index >= 15 is 0 Å². The number of hydrogen-bond donors (Lipinski definition) is 0. The van der Waals surface area contributed by atoms with Crippen molar-refractivity contribution in [1.82, 2.24) is 0 Å². The summed E-state index contributed by atoms with van der Waals surface area (Å²) in [6.45, 7) is 8.58.